The lowest BCUT2D eigenvalue weighted by Gasteiger charge is -2.22. The Morgan fingerprint density at radius 1 is 1.29 bits per heavy atom. The predicted octanol–water partition coefficient (Wildman–Crippen LogP) is 2.78. The van der Waals surface area contributed by atoms with Crippen molar-refractivity contribution in [2.45, 2.75) is 44.7 Å². The van der Waals surface area contributed by atoms with E-state index in [4.69, 9.17) is 14.6 Å². The maximum absolute atomic E-state index is 11.8. The second-order valence-electron chi connectivity index (χ2n) is 6.33. The van der Waals surface area contributed by atoms with Crippen molar-refractivity contribution in [3.63, 3.8) is 0 Å². The van der Waals surface area contributed by atoms with Crippen LogP contribution in [0.3, 0.4) is 0 Å². The number of sulfonamides is 1. The SMILES string of the molecule is CC.COC[C@@H](Nc1nc(Nc2cc(C)c(S(N)(=O)=O)c(OC)c2)ncc1Br)[C@@H](C)O. The van der Waals surface area contributed by atoms with Crippen LogP contribution in [0.2, 0.25) is 0 Å². The zero-order valence-corrected chi connectivity index (χ0v) is 20.8. The highest BCUT2D eigenvalue weighted by molar-refractivity contribution is 9.10. The van der Waals surface area contributed by atoms with Crippen molar-refractivity contribution in [1.82, 2.24) is 9.97 Å². The molecule has 0 aliphatic rings. The van der Waals surface area contributed by atoms with E-state index in [1.807, 2.05) is 13.8 Å². The molecule has 12 heteroatoms. The van der Waals surface area contributed by atoms with E-state index in [-0.39, 0.29) is 29.2 Å². The standard InChI is InChI=1S/C17H24BrN5O5S.C2H6/c1-9-5-11(6-14(28-4)15(9)29(19,25)26)21-17-20-7-12(18)16(23-17)22-13(8-27-3)10(2)24;1-2/h5-7,10,13,24H,8H2,1-4H3,(H2,19,25,26)(H2,20,21,22,23);1-2H3/t10-,13-;/m1./s1. The molecule has 0 fully saturated rings. The second kappa shape index (κ2) is 12.2. The maximum Gasteiger partial charge on any atom is 0.242 e. The molecule has 0 aliphatic heterocycles. The predicted molar refractivity (Wildman–Crippen MR) is 124 cm³/mol. The van der Waals surface area contributed by atoms with E-state index in [0.29, 0.717) is 21.5 Å². The quantitative estimate of drug-likeness (QED) is 0.392. The topological polar surface area (TPSA) is 149 Å². The summed E-state index contributed by atoms with van der Waals surface area (Å²) < 4.78 is 34.5. The second-order valence-corrected chi connectivity index (χ2v) is 8.68. The van der Waals surface area contributed by atoms with Crippen LogP contribution < -0.4 is 20.5 Å². The van der Waals surface area contributed by atoms with Gasteiger partial charge in [0.2, 0.25) is 16.0 Å². The lowest BCUT2D eigenvalue weighted by molar-refractivity contribution is 0.106. The van der Waals surface area contributed by atoms with Crippen molar-refractivity contribution < 1.29 is 23.0 Å². The van der Waals surface area contributed by atoms with E-state index in [1.54, 1.807) is 33.2 Å². The Labute approximate surface area is 191 Å². The van der Waals surface area contributed by atoms with Gasteiger partial charge in [-0.25, -0.2) is 18.5 Å². The molecule has 0 aliphatic carbocycles. The van der Waals surface area contributed by atoms with E-state index in [9.17, 15) is 13.5 Å². The molecule has 0 unspecified atom stereocenters. The first-order valence-electron chi connectivity index (χ1n) is 9.51. The van der Waals surface area contributed by atoms with Crippen LogP contribution in [0.15, 0.2) is 27.7 Å². The normalized spacial score (nSPS) is 12.9. The third-order valence-electron chi connectivity index (χ3n) is 4.00. The number of primary sulfonamides is 1. The fraction of sp³-hybridized carbons (Fsp3) is 0.474. The van der Waals surface area contributed by atoms with Crippen molar-refractivity contribution >= 4 is 43.4 Å². The first-order chi connectivity index (χ1) is 14.6. The van der Waals surface area contributed by atoms with E-state index in [1.165, 1.54) is 13.2 Å². The Morgan fingerprint density at radius 2 is 1.94 bits per heavy atom. The summed E-state index contributed by atoms with van der Waals surface area (Å²) in [5, 5.41) is 21.3. The van der Waals surface area contributed by atoms with Crippen molar-refractivity contribution in [1.29, 1.82) is 0 Å². The number of nitrogens with one attached hydrogen (secondary N) is 2. The Bertz CT molecular complexity index is 972. The number of aliphatic hydroxyl groups is 1. The number of aromatic nitrogens is 2. The highest BCUT2D eigenvalue weighted by Gasteiger charge is 2.20. The molecule has 174 valence electrons. The fourth-order valence-electron chi connectivity index (χ4n) is 2.64. The van der Waals surface area contributed by atoms with Gasteiger partial charge in [-0.2, -0.15) is 4.98 Å². The Hall–Kier alpha value is -1.99. The van der Waals surface area contributed by atoms with Crippen LogP contribution in [0.4, 0.5) is 17.5 Å². The molecule has 2 aromatic rings. The minimum absolute atomic E-state index is 0.0797. The molecule has 1 heterocycles. The minimum Gasteiger partial charge on any atom is -0.495 e. The monoisotopic (exact) mass is 519 g/mol. The van der Waals surface area contributed by atoms with Crippen LogP contribution >= 0.6 is 15.9 Å². The number of hydrogen-bond donors (Lipinski definition) is 4. The Morgan fingerprint density at radius 3 is 2.45 bits per heavy atom. The number of rotatable bonds is 9. The molecule has 31 heavy (non-hydrogen) atoms. The summed E-state index contributed by atoms with van der Waals surface area (Å²) >= 11 is 3.37. The van der Waals surface area contributed by atoms with Gasteiger partial charge in [0.15, 0.2) is 0 Å². The maximum atomic E-state index is 11.8. The van der Waals surface area contributed by atoms with E-state index >= 15 is 0 Å². The largest absolute Gasteiger partial charge is 0.495 e. The summed E-state index contributed by atoms with van der Waals surface area (Å²) in [7, 11) is -1.04. The summed E-state index contributed by atoms with van der Waals surface area (Å²) in [4.78, 5) is 8.52. The molecule has 5 N–H and O–H groups in total. The smallest absolute Gasteiger partial charge is 0.242 e. The number of ether oxygens (including phenoxy) is 2. The number of nitrogens with zero attached hydrogens (tertiary/aromatic N) is 2. The van der Waals surface area contributed by atoms with Gasteiger partial charge >= 0.3 is 0 Å². The van der Waals surface area contributed by atoms with Crippen LogP contribution in [-0.2, 0) is 14.8 Å². The number of benzene rings is 1. The van der Waals surface area contributed by atoms with Crippen molar-refractivity contribution in [2.75, 3.05) is 31.5 Å². The van der Waals surface area contributed by atoms with Gasteiger partial charge in [0.25, 0.3) is 0 Å². The fourth-order valence-corrected chi connectivity index (χ4v) is 3.88. The van der Waals surface area contributed by atoms with Gasteiger partial charge in [-0.1, -0.05) is 13.8 Å². The first-order valence-corrected chi connectivity index (χ1v) is 11.8. The summed E-state index contributed by atoms with van der Waals surface area (Å²) in [6.45, 7) is 7.54. The van der Waals surface area contributed by atoms with Gasteiger partial charge in [0, 0.05) is 25.1 Å². The molecular formula is C19H30BrN5O5S. The number of aliphatic hydroxyl groups excluding tert-OH is 1. The molecule has 0 spiro atoms. The van der Waals surface area contributed by atoms with Crippen molar-refractivity contribution in [3.05, 3.63) is 28.4 Å². The summed E-state index contributed by atoms with van der Waals surface area (Å²) in [5.74, 6) is 0.817. The molecule has 10 nitrogen and oxygen atoms in total. The summed E-state index contributed by atoms with van der Waals surface area (Å²) in [6, 6.07) is 2.72. The van der Waals surface area contributed by atoms with Crippen LogP contribution in [0, 0.1) is 6.92 Å². The van der Waals surface area contributed by atoms with Gasteiger partial charge < -0.3 is 25.2 Å². The average Bonchev–Trinajstić information content (AvgIpc) is 2.69. The lowest BCUT2D eigenvalue weighted by atomic mass is 10.2. The van der Waals surface area contributed by atoms with Crippen LogP contribution in [0.5, 0.6) is 5.75 Å². The average molecular weight is 520 g/mol. The van der Waals surface area contributed by atoms with Crippen molar-refractivity contribution in [3.8, 4) is 5.75 Å². The first kappa shape index (κ1) is 27.0. The van der Waals surface area contributed by atoms with Crippen LogP contribution in [-0.4, -0.2) is 56.5 Å². The molecular weight excluding hydrogens is 490 g/mol. The van der Waals surface area contributed by atoms with Crippen molar-refractivity contribution in [2.24, 2.45) is 5.14 Å². The number of halogens is 1. The molecule has 1 aromatic heterocycles. The minimum atomic E-state index is -3.94. The number of nitrogens with two attached hydrogens (primary N) is 1. The highest BCUT2D eigenvalue weighted by atomic mass is 79.9. The van der Waals surface area contributed by atoms with Gasteiger partial charge in [0.1, 0.15) is 16.5 Å². The molecule has 0 radical (unpaired) electrons. The van der Waals surface area contributed by atoms with Gasteiger partial charge in [-0.05, 0) is 41.4 Å². The number of anilines is 3. The molecule has 0 saturated carbocycles. The summed E-state index contributed by atoms with van der Waals surface area (Å²) in [6.07, 6.45) is 0.873. The molecule has 2 rings (SSSR count). The Balaban J connectivity index is 0.00000233. The van der Waals surface area contributed by atoms with Crippen LogP contribution in [0.25, 0.3) is 0 Å². The van der Waals surface area contributed by atoms with E-state index in [0.717, 1.165) is 0 Å². The lowest BCUT2D eigenvalue weighted by Crippen LogP contribution is -2.36. The highest BCUT2D eigenvalue weighted by Crippen LogP contribution is 2.31. The molecule has 0 saturated heterocycles. The molecule has 0 bridgehead atoms. The number of methoxy groups -OCH3 is 2. The molecule has 2 atom stereocenters. The van der Waals surface area contributed by atoms with Gasteiger partial charge in [0.05, 0.1) is 30.3 Å². The van der Waals surface area contributed by atoms with E-state index in [2.05, 4.69) is 36.5 Å². The number of hydrogen-bond acceptors (Lipinski definition) is 9. The summed E-state index contributed by atoms with van der Waals surface area (Å²) in [5.41, 5.74) is 0.933. The van der Waals surface area contributed by atoms with E-state index < -0.39 is 16.1 Å². The third-order valence-corrected chi connectivity index (χ3v) is 5.67. The van der Waals surface area contributed by atoms with Gasteiger partial charge in [-0.3, -0.25) is 0 Å². The molecule has 1 aromatic carbocycles. The van der Waals surface area contributed by atoms with Crippen LogP contribution in [0.1, 0.15) is 26.3 Å². The molecule has 0 amide bonds. The zero-order valence-electron chi connectivity index (χ0n) is 18.4. The number of aryl methyl sites for hydroxylation is 1. The zero-order chi connectivity index (χ0) is 23.8. The third kappa shape index (κ3) is 7.58. The van der Waals surface area contributed by atoms with Gasteiger partial charge in [-0.15, -0.1) is 0 Å². The Kier molecular flexibility index (Phi) is 10.6.